The molecule has 0 aromatic carbocycles. The van der Waals surface area contributed by atoms with E-state index in [0.29, 0.717) is 17.1 Å². The highest BCUT2D eigenvalue weighted by Gasteiger charge is 2.41. The Labute approximate surface area is 214 Å². The molecule has 1 aliphatic heterocycles. The van der Waals surface area contributed by atoms with Crippen LogP contribution in [-0.2, 0) is 23.5 Å². The molecule has 37 heavy (non-hydrogen) atoms. The summed E-state index contributed by atoms with van der Waals surface area (Å²) in [5, 5.41) is 6.44. The van der Waals surface area contributed by atoms with Gasteiger partial charge in [-0.3, -0.25) is 13.9 Å². The molecule has 0 bridgehead atoms. The van der Waals surface area contributed by atoms with E-state index in [1.165, 1.54) is 18.2 Å². The number of nitrogens with zero attached hydrogens (tertiary/aromatic N) is 5. The van der Waals surface area contributed by atoms with Crippen LogP contribution in [0, 0.1) is 5.92 Å². The van der Waals surface area contributed by atoms with Crippen molar-refractivity contribution in [2.75, 3.05) is 18.9 Å². The summed E-state index contributed by atoms with van der Waals surface area (Å²) in [4.78, 5) is 48.1. The first kappa shape index (κ1) is 28.7. The Morgan fingerprint density at radius 3 is 2.92 bits per heavy atom. The van der Waals surface area contributed by atoms with Crippen molar-refractivity contribution in [2.45, 2.75) is 64.9 Å². The van der Waals surface area contributed by atoms with Crippen LogP contribution in [0.5, 0.6) is 0 Å². The standard InChI is InChI=1S/C22H34N7O7P/c1-14(2)5-4-6-15(3)7-8-28-34-11-18(30)24-10-17-16(36-37(31,32)33)9-19(35-17)29-13-27-20-21(23)25-12-26-22(20)29/h5,8,12-13,15-17,19H,4,6-7,9-11H2,1-3H3,(H,24,30)(H2,23,25,26)(H2,31,32,33)/b28-8+/t15?,16-,17+,19+/m0/s1. The number of imidazole rings is 1. The average Bonchev–Trinajstić information content (AvgIpc) is 3.40. The van der Waals surface area contributed by atoms with E-state index in [0.717, 1.165) is 19.3 Å². The number of fused-ring (bicyclic) bond motifs is 1. The molecule has 0 aliphatic carbocycles. The number of anilines is 1. The Balaban J connectivity index is 1.50. The van der Waals surface area contributed by atoms with Crippen LogP contribution in [0.4, 0.5) is 5.82 Å². The van der Waals surface area contributed by atoms with Gasteiger partial charge in [-0.15, -0.1) is 0 Å². The number of hydrogen-bond acceptors (Lipinski definition) is 10. The van der Waals surface area contributed by atoms with Crippen molar-refractivity contribution in [1.82, 2.24) is 24.8 Å². The highest BCUT2D eigenvalue weighted by Crippen LogP contribution is 2.44. The van der Waals surface area contributed by atoms with E-state index in [-0.39, 0.29) is 25.4 Å². The van der Waals surface area contributed by atoms with Crippen molar-refractivity contribution in [3.05, 3.63) is 24.3 Å². The lowest BCUT2D eigenvalue weighted by atomic mass is 10.0. The molecule has 15 heteroatoms. The number of aromatic nitrogens is 4. The second kappa shape index (κ2) is 13.1. The van der Waals surface area contributed by atoms with Crippen molar-refractivity contribution >= 4 is 36.9 Å². The Kier molecular flexibility index (Phi) is 10.1. The molecule has 3 rings (SSSR count). The van der Waals surface area contributed by atoms with Gasteiger partial charge in [0.15, 0.2) is 18.1 Å². The molecule has 2 aromatic heterocycles. The third kappa shape index (κ3) is 8.86. The second-order valence-electron chi connectivity index (χ2n) is 9.15. The normalized spacial score (nSPS) is 20.8. The predicted octanol–water partition coefficient (Wildman–Crippen LogP) is 2.07. The first-order valence-corrected chi connectivity index (χ1v) is 13.4. The maximum absolute atomic E-state index is 12.2. The van der Waals surface area contributed by atoms with Gasteiger partial charge in [-0.05, 0) is 39.0 Å². The van der Waals surface area contributed by atoms with E-state index in [1.807, 2.05) is 0 Å². The van der Waals surface area contributed by atoms with Gasteiger partial charge in [0, 0.05) is 19.2 Å². The van der Waals surface area contributed by atoms with Crippen molar-refractivity contribution in [2.24, 2.45) is 11.1 Å². The summed E-state index contributed by atoms with van der Waals surface area (Å²) < 4.78 is 23.9. The van der Waals surface area contributed by atoms with E-state index in [2.05, 4.69) is 52.3 Å². The lowest BCUT2D eigenvalue weighted by Gasteiger charge is -2.19. The van der Waals surface area contributed by atoms with E-state index >= 15 is 0 Å². The number of phosphoric acid groups is 1. The number of rotatable bonds is 13. The predicted molar refractivity (Wildman–Crippen MR) is 135 cm³/mol. The number of oxime groups is 1. The molecule has 2 aromatic rings. The highest BCUT2D eigenvalue weighted by molar-refractivity contribution is 7.46. The van der Waals surface area contributed by atoms with Gasteiger partial charge in [0.25, 0.3) is 5.91 Å². The molecule has 5 N–H and O–H groups in total. The molecule has 1 fully saturated rings. The summed E-state index contributed by atoms with van der Waals surface area (Å²) in [5.41, 5.74) is 7.89. The van der Waals surface area contributed by atoms with Crippen LogP contribution in [0.2, 0.25) is 0 Å². The zero-order chi connectivity index (χ0) is 27.0. The molecule has 0 spiro atoms. The van der Waals surface area contributed by atoms with Gasteiger partial charge in [-0.2, -0.15) is 0 Å². The Morgan fingerprint density at radius 2 is 2.19 bits per heavy atom. The highest BCUT2D eigenvalue weighted by atomic mass is 31.2. The van der Waals surface area contributed by atoms with E-state index in [9.17, 15) is 19.1 Å². The van der Waals surface area contributed by atoms with Crippen LogP contribution in [0.15, 0.2) is 29.5 Å². The largest absolute Gasteiger partial charge is 0.469 e. The topological polar surface area (TPSA) is 196 Å². The molecule has 1 saturated heterocycles. The van der Waals surface area contributed by atoms with Crippen LogP contribution < -0.4 is 11.1 Å². The lowest BCUT2D eigenvalue weighted by molar-refractivity contribution is -0.126. The first-order valence-electron chi connectivity index (χ1n) is 11.9. The molecule has 1 aliphatic rings. The van der Waals surface area contributed by atoms with Gasteiger partial charge >= 0.3 is 7.82 Å². The van der Waals surface area contributed by atoms with Crippen LogP contribution in [-0.4, -0.2) is 66.8 Å². The third-order valence-electron chi connectivity index (χ3n) is 5.72. The monoisotopic (exact) mass is 539 g/mol. The fourth-order valence-electron chi connectivity index (χ4n) is 3.83. The molecule has 0 radical (unpaired) electrons. The number of nitrogens with two attached hydrogens (primary N) is 1. The van der Waals surface area contributed by atoms with Crippen molar-refractivity contribution in [1.29, 1.82) is 0 Å². The summed E-state index contributed by atoms with van der Waals surface area (Å²) in [6.45, 7) is 5.88. The lowest BCUT2D eigenvalue weighted by Crippen LogP contribution is -2.39. The summed E-state index contributed by atoms with van der Waals surface area (Å²) in [5.74, 6) is 0.157. The first-order chi connectivity index (χ1) is 17.5. The van der Waals surface area contributed by atoms with Gasteiger partial charge in [0.2, 0.25) is 0 Å². The van der Waals surface area contributed by atoms with Crippen LogP contribution in [0.3, 0.4) is 0 Å². The smallest absolute Gasteiger partial charge is 0.386 e. The van der Waals surface area contributed by atoms with E-state index in [4.69, 9.17) is 19.8 Å². The Hall–Kier alpha value is -2.90. The summed E-state index contributed by atoms with van der Waals surface area (Å²) in [7, 11) is -4.82. The second-order valence-corrected chi connectivity index (χ2v) is 10.3. The van der Waals surface area contributed by atoms with Crippen molar-refractivity contribution in [3.8, 4) is 0 Å². The molecule has 204 valence electrons. The number of nitrogen functional groups attached to an aromatic ring is 1. The molecule has 4 atom stereocenters. The van der Waals surface area contributed by atoms with E-state index in [1.54, 1.807) is 10.8 Å². The fourth-order valence-corrected chi connectivity index (χ4v) is 4.41. The summed E-state index contributed by atoms with van der Waals surface area (Å²) >= 11 is 0. The average molecular weight is 540 g/mol. The summed E-state index contributed by atoms with van der Waals surface area (Å²) in [6.07, 6.45) is 6.84. The van der Waals surface area contributed by atoms with Gasteiger partial charge in [-0.25, -0.2) is 19.5 Å². The molecule has 0 saturated carbocycles. The van der Waals surface area contributed by atoms with Gasteiger partial charge in [-0.1, -0.05) is 23.7 Å². The minimum Gasteiger partial charge on any atom is -0.386 e. The summed E-state index contributed by atoms with van der Waals surface area (Å²) in [6, 6.07) is 0. The Bertz CT molecular complexity index is 1160. The van der Waals surface area contributed by atoms with Crippen LogP contribution in [0.1, 0.15) is 52.7 Å². The quantitative estimate of drug-likeness (QED) is 0.126. The number of ether oxygens (including phenoxy) is 1. The molecule has 14 nitrogen and oxygen atoms in total. The SMILES string of the molecule is CC(C)=CCCC(C)C/C=N/OCC(=O)NC[C@H]1O[C@@H](n2cnc3c(N)ncnc32)C[C@@H]1OP(=O)(O)O. The number of carbonyl (C=O) groups excluding carboxylic acids is 1. The zero-order valence-electron chi connectivity index (χ0n) is 21.1. The van der Waals surface area contributed by atoms with Gasteiger partial charge in [0.05, 0.1) is 6.33 Å². The molecular weight excluding hydrogens is 505 g/mol. The van der Waals surface area contributed by atoms with Crippen LogP contribution in [0.25, 0.3) is 11.2 Å². The fraction of sp³-hybridized carbons (Fsp3) is 0.591. The number of allylic oxidation sites excluding steroid dienone is 2. The molecule has 1 amide bonds. The maximum atomic E-state index is 12.2. The molecule has 1 unspecified atom stereocenters. The molecular formula is C22H34N7O7P. The minimum atomic E-state index is -4.82. The number of amides is 1. The number of phosphoric ester groups is 1. The zero-order valence-corrected chi connectivity index (χ0v) is 22.0. The third-order valence-corrected chi connectivity index (χ3v) is 6.26. The minimum absolute atomic E-state index is 0.0712. The molecule has 3 heterocycles. The maximum Gasteiger partial charge on any atom is 0.469 e. The van der Waals surface area contributed by atoms with Gasteiger partial charge < -0.3 is 30.4 Å². The number of nitrogens with one attached hydrogen (secondary N) is 1. The number of carbonyl (C=O) groups is 1. The van der Waals surface area contributed by atoms with Gasteiger partial charge in [0.1, 0.15) is 30.3 Å². The Morgan fingerprint density at radius 1 is 1.41 bits per heavy atom. The van der Waals surface area contributed by atoms with Crippen molar-refractivity contribution in [3.63, 3.8) is 0 Å². The number of hydrogen-bond donors (Lipinski definition) is 4. The van der Waals surface area contributed by atoms with Crippen LogP contribution >= 0.6 is 7.82 Å². The van der Waals surface area contributed by atoms with E-state index < -0.39 is 32.2 Å². The van der Waals surface area contributed by atoms with Crippen molar-refractivity contribution < 1.29 is 33.2 Å².